The van der Waals surface area contributed by atoms with Crippen LogP contribution < -0.4 is 5.56 Å². The number of rotatable bonds is 0. The number of carbonyl (C=O) groups is 1. The second-order valence-corrected chi connectivity index (χ2v) is 5.06. The molecule has 2 heterocycles. The molecular formula is C15H15N3O2. The van der Waals surface area contributed by atoms with Crippen LogP contribution in [-0.2, 0) is 6.54 Å². The van der Waals surface area contributed by atoms with Crippen molar-refractivity contribution in [2.75, 3.05) is 7.05 Å². The normalized spacial score (nSPS) is 13.8. The Kier molecular flexibility index (Phi) is 2.71. The van der Waals surface area contributed by atoms with E-state index in [9.17, 15) is 9.59 Å². The third-order valence-electron chi connectivity index (χ3n) is 3.72. The number of hydrogen-bond acceptors (Lipinski definition) is 3. The fraction of sp³-hybridized carbons (Fsp3) is 0.267. The van der Waals surface area contributed by atoms with Gasteiger partial charge in [0.15, 0.2) is 0 Å². The van der Waals surface area contributed by atoms with Crippen LogP contribution in [0.3, 0.4) is 0 Å². The van der Waals surface area contributed by atoms with E-state index in [0.717, 1.165) is 0 Å². The highest BCUT2D eigenvalue weighted by Crippen LogP contribution is 2.21. The minimum Gasteiger partial charge on any atom is -0.334 e. The average Bonchev–Trinajstić information content (AvgIpc) is 2.53. The van der Waals surface area contributed by atoms with Gasteiger partial charge in [0.1, 0.15) is 5.82 Å². The van der Waals surface area contributed by atoms with Gasteiger partial charge in [0.05, 0.1) is 17.8 Å². The summed E-state index contributed by atoms with van der Waals surface area (Å²) in [7, 11) is 1.72. The molecule has 0 saturated heterocycles. The first-order chi connectivity index (χ1) is 9.50. The predicted molar refractivity (Wildman–Crippen MR) is 75.1 cm³/mol. The van der Waals surface area contributed by atoms with Crippen LogP contribution in [0.5, 0.6) is 0 Å². The molecule has 20 heavy (non-hydrogen) atoms. The van der Waals surface area contributed by atoms with Gasteiger partial charge in [-0.15, -0.1) is 0 Å². The summed E-state index contributed by atoms with van der Waals surface area (Å²) in [5.41, 5.74) is 2.35. The van der Waals surface area contributed by atoms with Gasteiger partial charge < -0.3 is 4.90 Å². The second-order valence-electron chi connectivity index (χ2n) is 5.06. The van der Waals surface area contributed by atoms with Crippen LogP contribution in [0.4, 0.5) is 0 Å². The predicted octanol–water partition coefficient (Wildman–Crippen LogP) is 1.43. The summed E-state index contributed by atoms with van der Waals surface area (Å²) in [6, 6.07) is 7.15. The lowest BCUT2D eigenvalue weighted by Gasteiger charge is -2.14. The third kappa shape index (κ3) is 1.66. The van der Waals surface area contributed by atoms with Crippen molar-refractivity contribution in [2.24, 2.45) is 0 Å². The van der Waals surface area contributed by atoms with Gasteiger partial charge in [-0.1, -0.05) is 12.1 Å². The van der Waals surface area contributed by atoms with Gasteiger partial charge in [0.25, 0.3) is 11.5 Å². The van der Waals surface area contributed by atoms with Crippen molar-refractivity contribution in [3.8, 4) is 5.69 Å². The Balaban J connectivity index is 2.45. The van der Waals surface area contributed by atoms with E-state index in [1.807, 2.05) is 13.0 Å². The van der Waals surface area contributed by atoms with Gasteiger partial charge in [0.2, 0.25) is 0 Å². The van der Waals surface area contributed by atoms with Crippen LogP contribution >= 0.6 is 0 Å². The largest absolute Gasteiger partial charge is 0.334 e. The average molecular weight is 269 g/mol. The smallest absolute Gasteiger partial charge is 0.261 e. The first kappa shape index (κ1) is 12.6. The molecule has 1 amide bonds. The first-order valence-electron chi connectivity index (χ1n) is 6.44. The molecular weight excluding hydrogens is 254 g/mol. The highest BCUT2D eigenvalue weighted by Gasteiger charge is 2.25. The third-order valence-corrected chi connectivity index (χ3v) is 3.72. The topological polar surface area (TPSA) is 55.2 Å². The number of nitrogens with zero attached hydrogens (tertiary/aromatic N) is 3. The molecule has 1 aliphatic heterocycles. The lowest BCUT2D eigenvalue weighted by molar-refractivity contribution is 0.0786. The van der Waals surface area contributed by atoms with Crippen molar-refractivity contribution in [3.63, 3.8) is 0 Å². The van der Waals surface area contributed by atoms with Crippen molar-refractivity contribution in [2.45, 2.75) is 20.4 Å². The molecule has 2 aromatic rings. The van der Waals surface area contributed by atoms with Crippen LogP contribution in [0.25, 0.3) is 5.69 Å². The molecule has 0 fully saturated rings. The summed E-state index contributed by atoms with van der Waals surface area (Å²) in [5.74, 6) is 0.500. The van der Waals surface area contributed by atoms with Gasteiger partial charge in [-0.2, -0.15) is 0 Å². The number of aryl methyl sites for hydroxylation is 1. The molecule has 0 radical (unpaired) electrons. The molecule has 102 valence electrons. The summed E-state index contributed by atoms with van der Waals surface area (Å²) in [5, 5.41) is 0. The molecule has 1 aromatic heterocycles. The minimum atomic E-state index is -0.108. The van der Waals surface area contributed by atoms with Crippen LogP contribution in [-0.4, -0.2) is 27.4 Å². The molecule has 0 atom stereocenters. The molecule has 0 aliphatic carbocycles. The Morgan fingerprint density at radius 3 is 2.60 bits per heavy atom. The lowest BCUT2D eigenvalue weighted by atomic mass is 10.1. The van der Waals surface area contributed by atoms with Crippen molar-refractivity contribution in [1.82, 2.24) is 14.5 Å². The minimum absolute atomic E-state index is 0.0965. The molecule has 0 bridgehead atoms. The van der Waals surface area contributed by atoms with Gasteiger partial charge in [-0.05, 0) is 26.0 Å². The first-order valence-corrected chi connectivity index (χ1v) is 6.44. The van der Waals surface area contributed by atoms with Crippen molar-refractivity contribution in [3.05, 3.63) is 57.3 Å². The second kappa shape index (κ2) is 4.30. The van der Waals surface area contributed by atoms with Crippen molar-refractivity contribution < 1.29 is 4.79 Å². The molecule has 0 spiro atoms. The lowest BCUT2D eigenvalue weighted by Crippen LogP contribution is -2.28. The molecule has 1 aromatic carbocycles. The SMILES string of the molecule is Cc1nc2n(c(=O)c1C)-c1ccccc1C(=O)N(C)C2. The summed E-state index contributed by atoms with van der Waals surface area (Å²) < 4.78 is 1.55. The summed E-state index contributed by atoms with van der Waals surface area (Å²) >= 11 is 0. The van der Waals surface area contributed by atoms with Crippen molar-refractivity contribution in [1.29, 1.82) is 0 Å². The molecule has 0 saturated carbocycles. The van der Waals surface area contributed by atoms with Crippen molar-refractivity contribution >= 4 is 5.91 Å². The van der Waals surface area contributed by atoms with E-state index in [1.54, 1.807) is 41.6 Å². The Labute approximate surface area is 116 Å². The zero-order valence-corrected chi connectivity index (χ0v) is 11.7. The number of benzene rings is 1. The Morgan fingerprint density at radius 1 is 1.15 bits per heavy atom. The quantitative estimate of drug-likeness (QED) is 0.727. The van der Waals surface area contributed by atoms with E-state index in [4.69, 9.17) is 0 Å². The van der Waals surface area contributed by atoms with Crippen LogP contribution in [0.15, 0.2) is 29.1 Å². The fourth-order valence-electron chi connectivity index (χ4n) is 2.46. The van der Waals surface area contributed by atoms with Gasteiger partial charge in [0, 0.05) is 18.3 Å². The Bertz CT molecular complexity index is 777. The van der Waals surface area contributed by atoms with Crippen LogP contribution in [0.1, 0.15) is 27.4 Å². The van der Waals surface area contributed by atoms with E-state index in [1.165, 1.54) is 0 Å². The van der Waals surface area contributed by atoms with E-state index in [-0.39, 0.29) is 11.5 Å². The molecule has 3 rings (SSSR count). The van der Waals surface area contributed by atoms with E-state index in [0.29, 0.717) is 34.9 Å². The maximum absolute atomic E-state index is 12.6. The highest BCUT2D eigenvalue weighted by atomic mass is 16.2. The molecule has 5 heteroatoms. The fourth-order valence-corrected chi connectivity index (χ4v) is 2.46. The Morgan fingerprint density at radius 2 is 1.85 bits per heavy atom. The van der Waals surface area contributed by atoms with Crippen LogP contribution in [0.2, 0.25) is 0 Å². The number of aromatic nitrogens is 2. The zero-order valence-electron chi connectivity index (χ0n) is 11.7. The number of hydrogen-bond donors (Lipinski definition) is 0. The van der Waals surface area contributed by atoms with Crippen LogP contribution in [0, 0.1) is 13.8 Å². The monoisotopic (exact) mass is 269 g/mol. The molecule has 0 unspecified atom stereocenters. The summed E-state index contributed by atoms with van der Waals surface area (Å²) in [4.78, 5) is 31.0. The zero-order chi connectivity index (χ0) is 14.4. The number of fused-ring (bicyclic) bond motifs is 3. The van der Waals surface area contributed by atoms with Gasteiger partial charge in [-0.3, -0.25) is 14.2 Å². The maximum atomic E-state index is 12.6. The van der Waals surface area contributed by atoms with Gasteiger partial charge in [-0.25, -0.2) is 4.98 Å². The molecule has 5 nitrogen and oxygen atoms in total. The van der Waals surface area contributed by atoms with Gasteiger partial charge >= 0.3 is 0 Å². The number of para-hydroxylation sites is 1. The summed E-state index contributed by atoms with van der Waals surface area (Å²) in [6.45, 7) is 3.90. The Hall–Kier alpha value is -2.43. The molecule has 0 N–H and O–H groups in total. The summed E-state index contributed by atoms with van der Waals surface area (Å²) in [6.07, 6.45) is 0. The highest BCUT2D eigenvalue weighted by molar-refractivity contribution is 5.98. The number of carbonyl (C=O) groups excluding carboxylic acids is 1. The molecule has 1 aliphatic rings. The standard InChI is InChI=1S/C15H15N3O2/c1-9-10(2)16-13-8-17(3)15(20)11-6-4-5-7-12(11)18(13)14(9)19/h4-7H,8H2,1-3H3. The van der Waals surface area contributed by atoms with E-state index >= 15 is 0 Å². The van der Waals surface area contributed by atoms with E-state index in [2.05, 4.69) is 4.98 Å². The number of amides is 1. The van der Waals surface area contributed by atoms with E-state index < -0.39 is 0 Å². The maximum Gasteiger partial charge on any atom is 0.261 e.